The van der Waals surface area contributed by atoms with Crippen LogP contribution in [-0.2, 0) is 0 Å². The number of anilines is 1. The predicted molar refractivity (Wildman–Crippen MR) is 133 cm³/mol. The van der Waals surface area contributed by atoms with Gasteiger partial charge in [-0.2, -0.15) is 4.98 Å². The second-order valence-electron chi connectivity index (χ2n) is 7.58. The van der Waals surface area contributed by atoms with Gasteiger partial charge in [-0.15, -0.1) is 10.2 Å². The van der Waals surface area contributed by atoms with Gasteiger partial charge in [-0.05, 0) is 48.9 Å². The fourth-order valence-electron chi connectivity index (χ4n) is 3.45. The van der Waals surface area contributed by atoms with E-state index >= 15 is 0 Å². The minimum Gasteiger partial charge on any atom is -0.497 e. The van der Waals surface area contributed by atoms with Crippen LogP contribution in [0.15, 0.2) is 52.1 Å². The van der Waals surface area contributed by atoms with Crippen LogP contribution in [-0.4, -0.2) is 40.1 Å². The lowest BCUT2D eigenvalue weighted by Gasteiger charge is -2.18. The molecule has 1 aliphatic heterocycles. The number of nitrogens with one attached hydrogen (secondary N) is 1. The minimum absolute atomic E-state index is 0.216. The molecular formula is C24H25BrN4O3S. The number of benzene rings is 2. The summed E-state index contributed by atoms with van der Waals surface area (Å²) in [6, 6.07) is 12.6. The molecule has 2 heterocycles. The lowest BCUT2D eigenvalue weighted by atomic mass is 10.1. The predicted octanol–water partition coefficient (Wildman–Crippen LogP) is 6.00. The van der Waals surface area contributed by atoms with Crippen molar-refractivity contribution in [3.8, 4) is 22.9 Å². The molecule has 172 valence electrons. The second-order valence-corrected chi connectivity index (χ2v) is 9.56. The van der Waals surface area contributed by atoms with Crippen molar-refractivity contribution < 1.29 is 14.3 Å². The van der Waals surface area contributed by atoms with E-state index in [9.17, 15) is 4.79 Å². The number of hydrogen-bond donors (Lipinski definition) is 1. The Kier molecular flexibility index (Phi) is 7.82. The number of rotatable bonds is 9. The molecule has 0 spiro atoms. The number of halogens is 1. The van der Waals surface area contributed by atoms with Crippen molar-refractivity contribution in [2.24, 2.45) is 0 Å². The van der Waals surface area contributed by atoms with Crippen LogP contribution in [0.2, 0.25) is 0 Å². The van der Waals surface area contributed by atoms with E-state index < -0.39 is 6.23 Å². The van der Waals surface area contributed by atoms with Crippen LogP contribution in [0.5, 0.6) is 11.6 Å². The van der Waals surface area contributed by atoms with E-state index in [0.717, 1.165) is 27.9 Å². The maximum atomic E-state index is 13.3. The van der Waals surface area contributed by atoms with Crippen molar-refractivity contribution >= 4 is 39.2 Å². The van der Waals surface area contributed by atoms with Gasteiger partial charge >= 0.3 is 0 Å². The molecule has 1 aromatic heterocycles. The van der Waals surface area contributed by atoms with Gasteiger partial charge in [0, 0.05) is 27.0 Å². The standard InChI is InChI=1S/C24H25BrN4O3S/c1-3-4-5-6-13-33-24-27-22-20(28-29-24)18-14-16(25)9-12-19(18)26-23(32-22)21(30)15-7-10-17(31-2)11-8-15/h7-12,14,23,26H,3-6,13H2,1-2H3. The van der Waals surface area contributed by atoms with Crippen LogP contribution in [0.1, 0.15) is 43.0 Å². The minimum atomic E-state index is -0.960. The smallest absolute Gasteiger partial charge is 0.247 e. The number of methoxy groups -OCH3 is 1. The van der Waals surface area contributed by atoms with Crippen LogP contribution in [0.4, 0.5) is 5.69 Å². The Labute approximate surface area is 205 Å². The van der Waals surface area contributed by atoms with Crippen LogP contribution >= 0.6 is 27.7 Å². The van der Waals surface area contributed by atoms with Crippen molar-refractivity contribution in [1.29, 1.82) is 0 Å². The summed E-state index contributed by atoms with van der Waals surface area (Å²) < 4.78 is 12.2. The van der Waals surface area contributed by atoms with Crippen molar-refractivity contribution in [3.05, 3.63) is 52.5 Å². The first-order valence-electron chi connectivity index (χ1n) is 10.9. The highest BCUT2D eigenvalue weighted by Crippen LogP contribution is 2.38. The monoisotopic (exact) mass is 528 g/mol. The maximum absolute atomic E-state index is 13.3. The third-order valence-electron chi connectivity index (χ3n) is 5.23. The Morgan fingerprint density at radius 2 is 1.97 bits per heavy atom. The highest BCUT2D eigenvalue weighted by molar-refractivity contribution is 9.10. The van der Waals surface area contributed by atoms with Crippen molar-refractivity contribution in [3.63, 3.8) is 0 Å². The van der Waals surface area contributed by atoms with Crippen molar-refractivity contribution in [2.75, 3.05) is 18.2 Å². The topological polar surface area (TPSA) is 86.2 Å². The number of carbonyl (C=O) groups is 1. The Bertz CT molecular complexity index is 1130. The number of unbranched alkanes of at least 4 members (excludes halogenated alkanes) is 3. The number of thioether (sulfide) groups is 1. The number of hydrogen-bond acceptors (Lipinski definition) is 8. The molecule has 0 saturated carbocycles. The van der Waals surface area contributed by atoms with Crippen LogP contribution in [0, 0.1) is 0 Å². The van der Waals surface area contributed by atoms with Crippen LogP contribution < -0.4 is 14.8 Å². The Balaban J connectivity index is 1.63. The molecule has 0 saturated heterocycles. The molecule has 0 fully saturated rings. The second kappa shape index (κ2) is 11.0. The van der Waals surface area contributed by atoms with Gasteiger partial charge in [0.25, 0.3) is 0 Å². The van der Waals surface area contributed by atoms with E-state index in [-0.39, 0.29) is 11.7 Å². The largest absolute Gasteiger partial charge is 0.497 e. The zero-order valence-corrected chi connectivity index (χ0v) is 20.9. The maximum Gasteiger partial charge on any atom is 0.247 e. The first kappa shape index (κ1) is 23.5. The average molecular weight is 529 g/mol. The van der Waals surface area contributed by atoms with E-state index in [0.29, 0.717) is 22.2 Å². The van der Waals surface area contributed by atoms with Gasteiger partial charge in [0.1, 0.15) is 5.75 Å². The summed E-state index contributed by atoms with van der Waals surface area (Å²) in [5, 5.41) is 12.5. The normalized spacial score (nSPS) is 14.3. The van der Waals surface area contributed by atoms with Gasteiger partial charge in [0.15, 0.2) is 5.69 Å². The zero-order chi connectivity index (χ0) is 23.2. The van der Waals surface area contributed by atoms with E-state index in [1.165, 1.54) is 19.3 Å². The highest BCUT2D eigenvalue weighted by Gasteiger charge is 2.30. The van der Waals surface area contributed by atoms with E-state index in [4.69, 9.17) is 9.47 Å². The molecule has 1 atom stereocenters. The lowest BCUT2D eigenvalue weighted by Crippen LogP contribution is -2.35. The van der Waals surface area contributed by atoms with Gasteiger partial charge in [-0.1, -0.05) is 53.9 Å². The number of nitrogens with zero attached hydrogens (tertiary/aromatic N) is 3. The van der Waals surface area contributed by atoms with E-state index in [1.807, 2.05) is 18.2 Å². The molecule has 0 aliphatic carbocycles. The lowest BCUT2D eigenvalue weighted by molar-refractivity contribution is 0.0823. The number of Topliss-reactive ketones (excluding diaryl/α,β-unsaturated/α-hetero) is 1. The Morgan fingerprint density at radius 3 is 2.73 bits per heavy atom. The molecule has 0 bridgehead atoms. The van der Waals surface area contributed by atoms with Gasteiger partial charge in [0.05, 0.1) is 7.11 Å². The summed E-state index contributed by atoms with van der Waals surface area (Å²) in [4.78, 5) is 17.9. The first-order valence-corrected chi connectivity index (χ1v) is 12.7. The fraction of sp³-hybridized carbons (Fsp3) is 0.333. The average Bonchev–Trinajstić information content (AvgIpc) is 3.00. The van der Waals surface area contributed by atoms with Crippen LogP contribution in [0.3, 0.4) is 0 Å². The zero-order valence-electron chi connectivity index (χ0n) is 18.5. The molecule has 33 heavy (non-hydrogen) atoms. The number of aromatic nitrogens is 3. The summed E-state index contributed by atoms with van der Waals surface area (Å²) in [5.74, 6) is 1.66. The van der Waals surface area contributed by atoms with Gasteiger partial charge < -0.3 is 14.8 Å². The SMILES string of the molecule is CCCCCCSc1nnc2c(n1)OC(C(=O)c1ccc(OC)cc1)Nc1ccc(Br)cc1-2. The van der Waals surface area contributed by atoms with Gasteiger partial charge in [0.2, 0.25) is 23.0 Å². The third-order valence-corrected chi connectivity index (χ3v) is 6.65. The number of ether oxygens (including phenoxy) is 2. The fourth-order valence-corrected chi connectivity index (χ4v) is 4.59. The molecule has 1 N–H and O–H groups in total. The first-order chi connectivity index (χ1) is 16.1. The molecule has 0 radical (unpaired) electrons. The summed E-state index contributed by atoms with van der Waals surface area (Å²) in [6.45, 7) is 2.19. The molecule has 3 aromatic rings. The molecule has 1 aliphatic rings. The van der Waals surface area contributed by atoms with Gasteiger partial charge in [-0.25, -0.2) is 0 Å². The third kappa shape index (κ3) is 5.65. The molecule has 0 amide bonds. The summed E-state index contributed by atoms with van der Waals surface area (Å²) in [6.07, 6.45) is 3.73. The highest BCUT2D eigenvalue weighted by atomic mass is 79.9. The van der Waals surface area contributed by atoms with Crippen molar-refractivity contribution in [2.45, 2.75) is 44.0 Å². The molecule has 7 nitrogen and oxygen atoms in total. The quantitative estimate of drug-likeness (QED) is 0.205. The Hall–Kier alpha value is -2.65. The van der Waals surface area contributed by atoms with E-state index in [1.54, 1.807) is 43.1 Å². The summed E-state index contributed by atoms with van der Waals surface area (Å²) in [5.41, 5.74) is 2.49. The van der Waals surface area contributed by atoms with E-state index in [2.05, 4.69) is 43.4 Å². The number of carbonyl (C=O) groups excluding carboxylic acids is 1. The number of fused-ring (bicyclic) bond motifs is 3. The van der Waals surface area contributed by atoms with Crippen molar-refractivity contribution in [1.82, 2.24) is 15.2 Å². The Morgan fingerprint density at radius 1 is 1.15 bits per heavy atom. The molecule has 2 aromatic carbocycles. The molecule has 4 rings (SSSR count). The van der Waals surface area contributed by atoms with Gasteiger partial charge in [-0.3, -0.25) is 4.79 Å². The summed E-state index contributed by atoms with van der Waals surface area (Å²) >= 11 is 5.06. The summed E-state index contributed by atoms with van der Waals surface area (Å²) in [7, 11) is 1.59. The molecule has 1 unspecified atom stereocenters. The molecule has 9 heteroatoms. The molecular weight excluding hydrogens is 504 g/mol. The van der Waals surface area contributed by atoms with Crippen LogP contribution in [0.25, 0.3) is 11.3 Å². The number of ketones is 1.